The van der Waals surface area contributed by atoms with Crippen LogP contribution in [0, 0.1) is 0 Å². The molecule has 0 saturated heterocycles. The number of amidine groups is 2. The van der Waals surface area contributed by atoms with E-state index in [0.717, 1.165) is 24.2 Å². The molecule has 0 spiro atoms. The predicted molar refractivity (Wildman–Crippen MR) is 170 cm³/mol. The van der Waals surface area contributed by atoms with Gasteiger partial charge >= 0.3 is 0 Å². The summed E-state index contributed by atoms with van der Waals surface area (Å²) in [6, 6.07) is 16.6. The highest BCUT2D eigenvalue weighted by Gasteiger charge is 2.26. The minimum absolute atomic E-state index is 0.363. The van der Waals surface area contributed by atoms with Crippen LogP contribution in [0.25, 0.3) is 0 Å². The topological polar surface area (TPSA) is 83.2 Å². The van der Waals surface area contributed by atoms with Crippen molar-refractivity contribution >= 4 is 34.7 Å². The molecule has 4 rings (SSSR count). The van der Waals surface area contributed by atoms with E-state index >= 15 is 0 Å². The maximum Gasteiger partial charge on any atom is 0.181 e. The van der Waals surface area contributed by atoms with Crippen LogP contribution in [0.3, 0.4) is 0 Å². The van der Waals surface area contributed by atoms with Crippen molar-refractivity contribution in [1.82, 2.24) is 0 Å². The molecule has 0 N–H and O–H groups in total. The van der Waals surface area contributed by atoms with Crippen molar-refractivity contribution in [3.05, 3.63) is 70.7 Å². The monoisotopic (exact) mass is 591 g/mol. The van der Waals surface area contributed by atoms with E-state index in [4.69, 9.17) is 50.3 Å². The lowest BCUT2D eigenvalue weighted by molar-refractivity contribution is 0.304. The lowest BCUT2D eigenvalue weighted by atomic mass is 10.1. The molecule has 0 bridgehead atoms. The van der Waals surface area contributed by atoms with Crippen LogP contribution in [-0.4, -0.2) is 52.4 Å². The zero-order valence-corrected chi connectivity index (χ0v) is 25.7. The van der Waals surface area contributed by atoms with Gasteiger partial charge in [-0.15, -0.1) is 0 Å². The Kier molecular flexibility index (Phi) is 11.2. The van der Waals surface area contributed by atoms with E-state index in [2.05, 4.69) is 6.92 Å². The quantitative estimate of drug-likeness (QED) is 0.167. The largest absolute Gasteiger partial charge is 0.496 e. The van der Waals surface area contributed by atoms with Crippen LogP contribution in [0.1, 0.15) is 56.6 Å². The number of ether oxygens (including phenoxy) is 5. The van der Waals surface area contributed by atoms with E-state index in [0.29, 0.717) is 63.3 Å². The van der Waals surface area contributed by atoms with Gasteiger partial charge in [0.1, 0.15) is 28.6 Å². The first kappa shape index (κ1) is 30.9. The van der Waals surface area contributed by atoms with Crippen molar-refractivity contribution in [2.75, 3.05) is 35.0 Å². The minimum Gasteiger partial charge on any atom is -0.496 e. The summed E-state index contributed by atoms with van der Waals surface area (Å²) >= 11 is 6.41. The number of methoxy groups -OCH3 is 4. The highest BCUT2D eigenvalue weighted by atomic mass is 35.5. The van der Waals surface area contributed by atoms with Crippen LogP contribution in [0.4, 0.5) is 5.69 Å². The first-order chi connectivity index (χ1) is 20.5. The summed E-state index contributed by atoms with van der Waals surface area (Å²) in [7, 11) is 6.31. The molecule has 3 aromatic rings. The molecule has 1 heterocycles. The summed E-state index contributed by atoms with van der Waals surface area (Å²) in [4.78, 5) is 14.7. The Morgan fingerprint density at radius 2 is 1.36 bits per heavy atom. The summed E-state index contributed by atoms with van der Waals surface area (Å²) < 4.78 is 28.5. The van der Waals surface area contributed by atoms with Crippen LogP contribution in [0.2, 0.25) is 5.02 Å². The van der Waals surface area contributed by atoms with E-state index in [1.165, 1.54) is 25.7 Å². The zero-order chi connectivity index (χ0) is 29.9. The highest BCUT2D eigenvalue weighted by molar-refractivity contribution is 6.55. The number of hydrogen-bond acceptors (Lipinski definition) is 7. The fraction of sp³-hybridized carbons (Fsp3) is 0.364. The second kappa shape index (κ2) is 15.3. The third kappa shape index (κ3) is 7.42. The second-order valence-corrected chi connectivity index (χ2v) is 10.1. The van der Waals surface area contributed by atoms with Gasteiger partial charge in [-0.05, 0) is 36.8 Å². The molecule has 0 atom stereocenters. The average Bonchev–Trinajstić information content (AvgIpc) is 3.43. The summed E-state index contributed by atoms with van der Waals surface area (Å²) in [5.74, 6) is 3.67. The summed E-state index contributed by atoms with van der Waals surface area (Å²) in [6.07, 6.45) is 7.13. The fourth-order valence-electron chi connectivity index (χ4n) is 4.63. The molecular formula is C33H38ClN3O5. The smallest absolute Gasteiger partial charge is 0.181 e. The molecular weight excluding hydrogens is 554 g/mol. The molecule has 9 heteroatoms. The molecule has 0 radical (unpaired) electrons. The van der Waals surface area contributed by atoms with Crippen LogP contribution in [0.15, 0.2) is 69.6 Å². The number of para-hydroxylation sites is 1. The third-order valence-corrected chi connectivity index (χ3v) is 7.09. The first-order valence-corrected chi connectivity index (χ1v) is 14.5. The van der Waals surface area contributed by atoms with Crippen LogP contribution < -0.4 is 23.7 Å². The van der Waals surface area contributed by atoms with E-state index in [1.54, 1.807) is 58.8 Å². The van der Waals surface area contributed by atoms with Crippen molar-refractivity contribution in [3.8, 4) is 28.7 Å². The van der Waals surface area contributed by atoms with Gasteiger partial charge in [0.05, 0.1) is 40.6 Å². The van der Waals surface area contributed by atoms with Gasteiger partial charge in [-0.2, -0.15) is 0 Å². The molecule has 3 aromatic carbocycles. The molecule has 0 unspecified atom stereocenters. The SMILES string of the molecule is CCCCCCCCOc1ccccc1C1=NC(=Nc2cc(OC)c(OC)cc2OC)C(c2cc(Cl)ccc2OC)=N1. The first-order valence-electron chi connectivity index (χ1n) is 14.2. The minimum atomic E-state index is 0.363. The van der Waals surface area contributed by atoms with Crippen LogP contribution >= 0.6 is 11.6 Å². The Hall–Kier alpha value is -4.04. The predicted octanol–water partition coefficient (Wildman–Crippen LogP) is 8.09. The van der Waals surface area contributed by atoms with Crippen LogP contribution in [0.5, 0.6) is 28.7 Å². The van der Waals surface area contributed by atoms with Crippen molar-refractivity contribution in [2.24, 2.45) is 15.0 Å². The van der Waals surface area contributed by atoms with Crippen LogP contribution in [-0.2, 0) is 0 Å². The number of unbranched alkanes of at least 4 members (excludes halogenated alkanes) is 5. The van der Waals surface area contributed by atoms with Crippen molar-refractivity contribution in [1.29, 1.82) is 0 Å². The van der Waals surface area contributed by atoms with Gasteiger partial charge in [-0.3, -0.25) is 0 Å². The molecule has 1 aliphatic heterocycles. The summed E-state index contributed by atoms with van der Waals surface area (Å²) in [5, 5.41) is 0.535. The van der Waals surface area contributed by atoms with Gasteiger partial charge in [-0.25, -0.2) is 15.0 Å². The highest BCUT2D eigenvalue weighted by Crippen LogP contribution is 2.40. The molecule has 0 fully saturated rings. The standard InChI is InChI=1S/C33H38ClN3O5/c1-6-7-8-9-10-13-18-42-27-15-12-11-14-23(27)32-36-31(24-19-22(34)16-17-26(24)38-2)33(37-32)35-25-20-29(40-4)30(41-5)21-28(25)39-3/h11-12,14-17,19-21H,6-10,13,18H2,1-5H3. The van der Waals surface area contributed by atoms with Gasteiger partial charge in [-0.1, -0.05) is 62.8 Å². The average molecular weight is 592 g/mol. The Bertz CT molecular complexity index is 1470. The Labute approximate surface area is 253 Å². The summed E-state index contributed by atoms with van der Waals surface area (Å²) in [5.41, 5.74) is 2.43. The number of rotatable bonds is 15. The molecule has 8 nitrogen and oxygen atoms in total. The molecule has 222 valence electrons. The second-order valence-electron chi connectivity index (χ2n) is 9.67. The van der Waals surface area contributed by atoms with E-state index in [1.807, 2.05) is 24.3 Å². The number of halogens is 1. The molecule has 0 aromatic heterocycles. The zero-order valence-electron chi connectivity index (χ0n) is 24.9. The number of hydrogen-bond donors (Lipinski definition) is 0. The van der Waals surface area contributed by atoms with Crippen molar-refractivity contribution < 1.29 is 23.7 Å². The lowest BCUT2D eigenvalue weighted by Crippen LogP contribution is -2.11. The summed E-state index contributed by atoms with van der Waals surface area (Å²) in [6.45, 7) is 2.85. The molecule has 42 heavy (non-hydrogen) atoms. The normalized spacial score (nSPS) is 13.5. The Balaban J connectivity index is 1.75. The van der Waals surface area contributed by atoms with Gasteiger partial charge in [0.15, 0.2) is 23.2 Å². The number of nitrogens with zero attached hydrogens (tertiary/aromatic N) is 3. The fourth-order valence-corrected chi connectivity index (χ4v) is 4.81. The van der Waals surface area contributed by atoms with Gasteiger partial charge in [0, 0.05) is 22.7 Å². The molecule has 0 amide bonds. The van der Waals surface area contributed by atoms with Crippen molar-refractivity contribution in [2.45, 2.75) is 45.4 Å². The molecule has 0 saturated carbocycles. The number of aliphatic imine (C=N–C) groups is 3. The van der Waals surface area contributed by atoms with E-state index in [-0.39, 0.29) is 0 Å². The van der Waals surface area contributed by atoms with E-state index < -0.39 is 0 Å². The third-order valence-electron chi connectivity index (χ3n) is 6.85. The van der Waals surface area contributed by atoms with Crippen molar-refractivity contribution in [3.63, 3.8) is 0 Å². The van der Waals surface area contributed by atoms with Gasteiger partial charge in [0.25, 0.3) is 0 Å². The maximum absolute atomic E-state index is 6.41. The molecule has 1 aliphatic rings. The number of benzene rings is 3. The molecule has 0 aliphatic carbocycles. The maximum atomic E-state index is 6.41. The Morgan fingerprint density at radius 1 is 0.667 bits per heavy atom. The van der Waals surface area contributed by atoms with E-state index in [9.17, 15) is 0 Å². The van der Waals surface area contributed by atoms with Gasteiger partial charge in [0.2, 0.25) is 0 Å². The van der Waals surface area contributed by atoms with Gasteiger partial charge < -0.3 is 23.7 Å². The lowest BCUT2D eigenvalue weighted by Gasteiger charge is -2.12. The Morgan fingerprint density at radius 3 is 2.10 bits per heavy atom.